The van der Waals surface area contributed by atoms with Crippen LogP contribution in [-0.4, -0.2) is 37.3 Å². The molecule has 0 bridgehead atoms. The highest BCUT2D eigenvalue weighted by molar-refractivity contribution is 5.93. The summed E-state index contributed by atoms with van der Waals surface area (Å²) in [5, 5.41) is 8.28. The first kappa shape index (κ1) is 16.6. The molecule has 8 heteroatoms. The number of nitrogens with zero attached hydrogens (tertiary/aromatic N) is 5. The number of aryl methyl sites for hydroxylation is 2. The van der Waals surface area contributed by atoms with E-state index in [1.807, 2.05) is 25.1 Å². The van der Waals surface area contributed by atoms with Gasteiger partial charge in [-0.15, -0.1) is 0 Å². The topological polar surface area (TPSA) is 90.2 Å². The summed E-state index contributed by atoms with van der Waals surface area (Å²) in [7, 11) is 1.83. The summed E-state index contributed by atoms with van der Waals surface area (Å²) in [6, 6.07) is 1.58. The molecule has 3 aromatic rings. The van der Waals surface area contributed by atoms with Gasteiger partial charge in [0.1, 0.15) is 0 Å². The summed E-state index contributed by atoms with van der Waals surface area (Å²) in [6.07, 6.45) is 8.89. The van der Waals surface area contributed by atoms with Crippen LogP contribution in [0.5, 0.6) is 0 Å². The molecule has 136 valence electrons. The molecular weight excluding hydrogens is 334 g/mol. The number of carbonyl (C=O) groups is 1. The predicted octanol–water partition coefficient (Wildman–Crippen LogP) is 3.13. The number of amides is 1. The van der Waals surface area contributed by atoms with Gasteiger partial charge in [-0.1, -0.05) is 18.0 Å². The quantitative estimate of drug-likeness (QED) is 0.717. The molecule has 0 N–H and O–H groups in total. The van der Waals surface area contributed by atoms with Gasteiger partial charge < -0.3 is 13.8 Å². The van der Waals surface area contributed by atoms with E-state index < -0.39 is 0 Å². The second-order valence-corrected chi connectivity index (χ2v) is 6.66. The van der Waals surface area contributed by atoms with Crippen LogP contribution in [0.3, 0.4) is 0 Å². The summed E-state index contributed by atoms with van der Waals surface area (Å²) in [5.41, 5.74) is 1.60. The van der Waals surface area contributed by atoms with Crippen LogP contribution in [0.25, 0.3) is 11.5 Å². The second kappa shape index (κ2) is 6.78. The van der Waals surface area contributed by atoms with E-state index in [4.69, 9.17) is 8.94 Å². The number of furan rings is 1. The Morgan fingerprint density at radius 1 is 1.31 bits per heavy atom. The largest absolute Gasteiger partial charge is 0.459 e. The minimum Gasteiger partial charge on any atom is -0.459 e. The van der Waals surface area contributed by atoms with Crippen LogP contribution in [0, 0.1) is 6.92 Å². The molecule has 0 saturated carbocycles. The lowest BCUT2D eigenvalue weighted by Gasteiger charge is -2.27. The molecule has 1 aliphatic rings. The molecule has 3 aromatic heterocycles. The van der Waals surface area contributed by atoms with Gasteiger partial charge in [0.05, 0.1) is 24.1 Å². The lowest BCUT2D eigenvalue weighted by Crippen LogP contribution is -2.35. The van der Waals surface area contributed by atoms with Gasteiger partial charge in [-0.3, -0.25) is 9.48 Å². The van der Waals surface area contributed by atoms with E-state index in [-0.39, 0.29) is 11.9 Å². The monoisotopic (exact) mass is 355 g/mol. The number of hydrogen-bond acceptors (Lipinski definition) is 6. The Hall–Kier alpha value is -2.90. The van der Waals surface area contributed by atoms with Crippen molar-refractivity contribution in [3.8, 4) is 11.5 Å². The Morgan fingerprint density at radius 3 is 2.92 bits per heavy atom. The molecule has 8 nitrogen and oxygen atoms in total. The smallest absolute Gasteiger partial charge is 0.290 e. The van der Waals surface area contributed by atoms with Crippen molar-refractivity contribution in [2.24, 2.45) is 7.05 Å². The fraction of sp³-hybridized carbons (Fsp3) is 0.444. The van der Waals surface area contributed by atoms with Gasteiger partial charge in [-0.2, -0.15) is 10.1 Å². The SMILES string of the molecule is Cc1ccoc1C(=O)N1CCCCC[C@H]1c1noc(-c2cnn(C)c2)n1. The lowest BCUT2D eigenvalue weighted by atomic mass is 10.1. The van der Waals surface area contributed by atoms with E-state index in [1.54, 1.807) is 23.2 Å². The molecule has 26 heavy (non-hydrogen) atoms. The van der Waals surface area contributed by atoms with Gasteiger partial charge >= 0.3 is 0 Å². The van der Waals surface area contributed by atoms with Gasteiger partial charge in [0.2, 0.25) is 0 Å². The van der Waals surface area contributed by atoms with Crippen LogP contribution in [0.1, 0.15) is 53.7 Å². The highest BCUT2D eigenvalue weighted by Gasteiger charge is 2.33. The predicted molar refractivity (Wildman–Crippen MR) is 92.2 cm³/mol. The van der Waals surface area contributed by atoms with Crippen molar-refractivity contribution >= 4 is 5.91 Å². The van der Waals surface area contributed by atoms with Crippen LogP contribution >= 0.6 is 0 Å². The maximum atomic E-state index is 13.0. The van der Waals surface area contributed by atoms with Crippen molar-refractivity contribution in [1.29, 1.82) is 0 Å². The fourth-order valence-corrected chi connectivity index (χ4v) is 3.36. The molecule has 1 atom stereocenters. The fourth-order valence-electron chi connectivity index (χ4n) is 3.36. The summed E-state index contributed by atoms with van der Waals surface area (Å²) in [5.74, 6) is 1.21. The van der Waals surface area contributed by atoms with Crippen molar-refractivity contribution in [2.45, 2.75) is 38.6 Å². The van der Waals surface area contributed by atoms with Crippen molar-refractivity contribution < 1.29 is 13.7 Å². The average molecular weight is 355 g/mol. The first-order valence-electron chi connectivity index (χ1n) is 8.81. The van der Waals surface area contributed by atoms with Gasteiger partial charge in [0, 0.05) is 25.4 Å². The zero-order valence-corrected chi connectivity index (χ0v) is 14.9. The summed E-state index contributed by atoms with van der Waals surface area (Å²) >= 11 is 0. The van der Waals surface area contributed by atoms with Crippen LogP contribution < -0.4 is 0 Å². The van der Waals surface area contributed by atoms with Gasteiger partial charge in [-0.25, -0.2) is 0 Å². The van der Waals surface area contributed by atoms with Crippen LogP contribution in [0.15, 0.2) is 33.7 Å². The maximum absolute atomic E-state index is 13.0. The van der Waals surface area contributed by atoms with Crippen LogP contribution in [0.4, 0.5) is 0 Å². The molecule has 1 aliphatic heterocycles. The van der Waals surface area contributed by atoms with Crippen molar-refractivity contribution in [2.75, 3.05) is 6.54 Å². The number of carbonyl (C=O) groups excluding carboxylic acids is 1. The van der Waals surface area contributed by atoms with Gasteiger partial charge in [0.15, 0.2) is 11.6 Å². The Labute approximate surface area is 150 Å². The second-order valence-electron chi connectivity index (χ2n) is 6.66. The molecule has 4 rings (SSSR count). The van der Waals surface area contributed by atoms with Gasteiger partial charge in [0.25, 0.3) is 11.8 Å². The third kappa shape index (κ3) is 3.02. The van der Waals surface area contributed by atoms with Crippen LogP contribution in [0.2, 0.25) is 0 Å². The lowest BCUT2D eigenvalue weighted by molar-refractivity contribution is 0.0636. The van der Waals surface area contributed by atoms with Gasteiger partial charge in [-0.05, 0) is 25.8 Å². The molecule has 0 unspecified atom stereocenters. The normalized spacial score (nSPS) is 18.1. The zero-order valence-electron chi connectivity index (χ0n) is 14.9. The Bertz CT molecular complexity index is 909. The third-order valence-corrected chi connectivity index (χ3v) is 4.76. The molecule has 4 heterocycles. The Morgan fingerprint density at radius 2 is 2.19 bits per heavy atom. The molecular formula is C18H21N5O3. The molecule has 0 radical (unpaired) electrons. The van der Waals surface area contributed by atoms with E-state index in [0.717, 1.165) is 36.8 Å². The Kier molecular flexibility index (Phi) is 4.32. The van der Waals surface area contributed by atoms with Crippen molar-refractivity contribution in [3.05, 3.63) is 41.9 Å². The standard InChI is InChI=1S/C18H21N5O3/c1-12-7-9-25-15(12)18(24)23-8-5-3-4-6-14(23)16-20-17(26-21-16)13-10-19-22(2)11-13/h7,9-11,14H,3-6,8H2,1-2H3/t14-/m0/s1. The number of hydrogen-bond donors (Lipinski definition) is 0. The van der Waals surface area contributed by atoms with E-state index in [2.05, 4.69) is 15.2 Å². The summed E-state index contributed by atoms with van der Waals surface area (Å²) < 4.78 is 12.5. The average Bonchev–Trinajstić information content (AvgIpc) is 3.33. The van der Waals surface area contributed by atoms with E-state index in [9.17, 15) is 4.79 Å². The van der Waals surface area contributed by atoms with Crippen LogP contribution in [-0.2, 0) is 7.05 Å². The maximum Gasteiger partial charge on any atom is 0.290 e. The molecule has 1 amide bonds. The highest BCUT2D eigenvalue weighted by Crippen LogP contribution is 2.31. The minimum absolute atomic E-state index is 0.118. The van der Waals surface area contributed by atoms with E-state index >= 15 is 0 Å². The Balaban J connectivity index is 1.65. The molecule has 1 saturated heterocycles. The van der Waals surface area contributed by atoms with Crippen molar-refractivity contribution in [3.63, 3.8) is 0 Å². The zero-order chi connectivity index (χ0) is 18.1. The molecule has 0 spiro atoms. The highest BCUT2D eigenvalue weighted by atomic mass is 16.5. The molecule has 0 aromatic carbocycles. The molecule has 1 fully saturated rings. The molecule has 0 aliphatic carbocycles. The first-order valence-corrected chi connectivity index (χ1v) is 8.81. The van der Waals surface area contributed by atoms with Crippen molar-refractivity contribution in [1.82, 2.24) is 24.8 Å². The summed E-state index contributed by atoms with van der Waals surface area (Å²) in [6.45, 7) is 2.53. The first-order chi connectivity index (χ1) is 12.6. The number of likely N-dealkylation sites (tertiary alicyclic amines) is 1. The van der Waals surface area contributed by atoms with E-state index in [1.165, 1.54) is 0 Å². The summed E-state index contributed by atoms with van der Waals surface area (Å²) in [4.78, 5) is 19.4. The minimum atomic E-state index is -0.219. The van der Waals surface area contributed by atoms with E-state index in [0.29, 0.717) is 24.0 Å². The third-order valence-electron chi connectivity index (χ3n) is 4.76. The number of aromatic nitrogens is 4. The number of rotatable bonds is 3.